The molecular formula is C8H5BrF2N2O2. The molecule has 2 aromatic heterocycles. The number of alkyl halides is 2. The summed E-state index contributed by atoms with van der Waals surface area (Å²) in [6.07, 6.45) is 2.64. The van der Waals surface area contributed by atoms with E-state index < -0.39 is 6.61 Å². The zero-order chi connectivity index (χ0) is 11.0. The average Bonchev–Trinajstić information content (AvgIpc) is 2.46. The smallest absolute Gasteiger partial charge is 0.387 e. The van der Waals surface area contributed by atoms with E-state index in [0.29, 0.717) is 4.47 Å². The summed E-state index contributed by atoms with van der Waals surface area (Å²) in [7, 11) is 0. The minimum atomic E-state index is -2.94. The van der Waals surface area contributed by atoms with E-state index >= 15 is 0 Å². The van der Waals surface area contributed by atoms with E-state index in [9.17, 15) is 13.9 Å². The number of hydrogen-bond donors (Lipinski definition) is 1. The first kappa shape index (κ1) is 10.2. The van der Waals surface area contributed by atoms with E-state index in [4.69, 9.17) is 0 Å². The molecule has 0 saturated carbocycles. The van der Waals surface area contributed by atoms with Gasteiger partial charge in [-0.25, -0.2) is 4.52 Å². The molecule has 0 fully saturated rings. The fourth-order valence-electron chi connectivity index (χ4n) is 1.22. The molecule has 0 spiro atoms. The SMILES string of the molecule is Oc1cc(Br)cn2ncc(OC(F)F)c12. The average molecular weight is 279 g/mol. The standard InChI is InChI=1S/C8H5BrF2N2O2/c9-4-1-5(14)7-6(15-8(10)11)2-12-13(7)3-4/h1-3,8,14H. The fourth-order valence-corrected chi connectivity index (χ4v) is 1.63. The third-order valence-corrected chi connectivity index (χ3v) is 2.17. The van der Waals surface area contributed by atoms with Gasteiger partial charge < -0.3 is 9.84 Å². The molecule has 0 unspecified atom stereocenters. The molecular weight excluding hydrogens is 274 g/mol. The number of aromatic nitrogens is 2. The summed E-state index contributed by atoms with van der Waals surface area (Å²) in [5, 5.41) is 13.3. The van der Waals surface area contributed by atoms with Crippen LogP contribution in [-0.4, -0.2) is 21.3 Å². The van der Waals surface area contributed by atoms with Gasteiger partial charge in [0.2, 0.25) is 0 Å². The number of hydrogen-bond acceptors (Lipinski definition) is 3. The van der Waals surface area contributed by atoms with Crippen molar-refractivity contribution in [3.05, 3.63) is 22.9 Å². The molecule has 4 nitrogen and oxygen atoms in total. The van der Waals surface area contributed by atoms with Gasteiger partial charge in [-0.3, -0.25) is 0 Å². The Balaban J connectivity index is 2.58. The number of halogens is 3. The topological polar surface area (TPSA) is 46.8 Å². The Morgan fingerprint density at radius 1 is 1.53 bits per heavy atom. The monoisotopic (exact) mass is 278 g/mol. The first-order valence-corrected chi connectivity index (χ1v) is 4.68. The van der Waals surface area contributed by atoms with Crippen LogP contribution < -0.4 is 4.74 Å². The lowest BCUT2D eigenvalue weighted by Gasteiger charge is -2.03. The van der Waals surface area contributed by atoms with Crippen molar-refractivity contribution in [1.82, 2.24) is 9.61 Å². The van der Waals surface area contributed by atoms with Crippen LogP contribution in [0.1, 0.15) is 0 Å². The number of pyridine rings is 1. The second-order valence-corrected chi connectivity index (χ2v) is 3.64. The molecule has 0 aromatic carbocycles. The number of aromatic hydroxyl groups is 1. The van der Waals surface area contributed by atoms with Gasteiger partial charge in [-0.1, -0.05) is 0 Å². The van der Waals surface area contributed by atoms with Crippen LogP contribution in [0.25, 0.3) is 5.52 Å². The van der Waals surface area contributed by atoms with Crippen LogP contribution in [0.3, 0.4) is 0 Å². The fraction of sp³-hybridized carbons (Fsp3) is 0.125. The Morgan fingerprint density at radius 3 is 2.93 bits per heavy atom. The van der Waals surface area contributed by atoms with Gasteiger partial charge in [-0.15, -0.1) is 0 Å². The first-order chi connectivity index (χ1) is 7.08. The lowest BCUT2D eigenvalue weighted by atomic mass is 10.3. The molecule has 0 saturated heterocycles. The zero-order valence-corrected chi connectivity index (χ0v) is 8.78. The summed E-state index contributed by atoms with van der Waals surface area (Å²) in [5.41, 5.74) is 0.110. The summed E-state index contributed by atoms with van der Waals surface area (Å²) in [6.45, 7) is -2.94. The Bertz CT molecular complexity index is 501. The Morgan fingerprint density at radius 2 is 2.27 bits per heavy atom. The van der Waals surface area contributed by atoms with Crippen molar-refractivity contribution in [3.63, 3.8) is 0 Å². The highest BCUT2D eigenvalue weighted by atomic mass is 79.9. The van der Waals surface area contributed by atoms with Crippen molar-refractivity contribution >= 4 is 21.4 Å². The van der Waals surface area contributed by atoms with Gasteiger partial charge >= 0.3 is 6.61 Å². The van der Waals surface area contributed by atoms with Gasteiger partial charge in [-0.05, 0) is 22.0 Å². The summed E-state index contributed by atoms with van der Waals surface area (Å²) in [5.74, 6) is -0.340. The molecule has 2 aromatic rings. The number of nitrogens with zero attached hydrogens (tertiary/aromatic N) is 2. The van der Waals surface area contributed by atoms with E-state index in [1.807, 2.05) is 0 Å². The van der Waals surface area contributed by atoms with Gasteiger partial charge in [0.15, 0.2) is 11.3 Å². The van der Waals surface area contributed by atoms with Crippen LogP contribution in [-0.2, 0) is 0 Å². The lowest BCUT2D eigenvalue weighted by Crippen LogP contribution is -2.01. The van der Waals surface area contributed by atoms with Gasteiger partial charge in [0, 0.05) is 10.7 Å². The Labute approximate surface area is 91.2 Å². The van der Waals surface area contributed by atoms with E-state index in [1.165, 1.54) is 16.8 Å². The molecule has 0 atom stereocenters. The van der Waals surface area contributed by atoms with E-state index in [0.717, 1.165) is 6.20 Å². The molecule has 0 aliphatic rings. The molecule has 1 N–H and O–H groups in total. The molecule has 2 heterocycles. The minimum Gasteiger partial charge on any atom is -0.505 e. The first-order valence-electron chi connectivity index (χ1n) is 3.88. The largest absolute Gasteiger partial charge is 0.505 e. The van der Waals surface area contributed by atoms with Crippen molar-refractivity contribution < 1.29 is 18.6 Å². The molecule has 2 rings (SSSR count). The van der Waals surface area contributed by atoms with Crippen LogP contribution in [0, 0.1) is 0 Å². The van der Waals surface area contributed by atoms with Gasteiger partial charge in [0.05, 0.1) is 6.20 Å². The highest BCUT2D eigenvalue weighted by molar-refractivity contribution is 9.10. The predicted octanol–water partition coefficient (Wildman–Crippen LogP) is 2.40. The number of fused-ring (bicyclic) bond motifs is 1. The normalized spacial score (nSPS) is 11.2. The zero-order valence-electron chi connectivity index (χ0n) is 7.19. The third kappa shape index (κ3) is 1.87. The minimum absolute atomic E-state index is 0.110. The van der Waals surface area contributed by atoms with Crippen molar-refractivity contribution in [3.8, 4) is 11.5 Å². The molecule has 15 heavy (non-hydrogen) atoms. The van der Waals surface area contributed by atoms with E-state index in [1.54, 1.807) is 0 Å². The quantitative estimate of drug-likeness (QED) is 0.918. The highest BCUT2D eigenvalue weighted by Gasteiger charge is 2.14. The molecule has 80 valence electrons. The number of rotatable bonds is 2. The van der Waals surface area contributed by atoms with Crippen LogP contribution >= 0.6 is 15.9 Å². The molecule has 0 amide bonds. The van der Waals surface area contributed by atoms with Crippen LogP contribution in [0.5, 0.6) is 11.5 Å². The van der Waals surface area contributed by atoms with Crippen LogP contribution in [0.4, 0.5) is 8.78 Å². The van der Waals surface area contributed by atoms with Gasteiger partial charge in [0.1, 0.15) is 5.75 Å². The Kier molecular flexibility index (Phi) is 2.47. The highest BCUT2D eigenvalue weighted by Crippen LogP contribution is 2.31. The predicted molar refractivity (Wildman–Crippen MR) is 51.2 cm³/mol. The maximum absolute atomic E-state index is 12.0. The van der Waals surface area contributed by atoms with E-state index in [2.05, 4.69) is 25.8 Å². The van der Waals surface area contributed by atoms with Crippen molar-refractivity contribution in [2.45, 2.75) is 6.61 Å². The molecule has 7 heteroatoms. The Hall–Kier alpha value is -1.37. The third-order valence-electron chi connectivity index (χ3n) is 1.74. The van der Waals surface area contributed by atoms with Crippen molar-refractivity contribution in [2.24, 2.45) is 0 Å². The van der Waals surface area contributed by atoms with Crippen LogP contribution in [0.2, 0.25) is 0 Å². The summed E-state index contributed by atoms with van der Waals surface area (Å²) >= 11 is 3.13. The number of ether oxygens (including phenoxy) is 1. The summed E-state index contributed by atoms with van der Waals surface area (Å²) in [4.78, 5) is 0. The molecule has 0 aliphatic heterocycles. The van der Waals surface area contributed by atoms with Crippen molar-refractivity contribution in [1.29, 1.82) is 0 Å². The second kappa shape index (κ2) is 3.65. The maximum atomic E-state index is 12.0. The van der Waals surface area contributed by atoms with Gasteiger partial charge in [-0.2, -0.15) is 13.9 Å². The summed E-state index contributed by atoms with van der Waals surface area (Å²) < 4.78 is 30.0. The van der Waals surface area contributed by atoms with E-state index in [-0.39, 0.29) is 17.0 Å². The molecule has 0 bridgehead atoms. The van der Waals surface area contributed by atoms with Crippen molar-refractivity contribution in [2.75, 3.05) is 0 Å². The second-order valence-electron chi connectivity index (χ2n) is 2.72. The molecule has 0 radical (unpaired) electrons. The lowest BCUT2D eigenvalue weighted by molar-refractivity contribution is -0.0488. The maximum Gasteiger partial charge on any atom is 0.387 e. The van der Waals surface area contributed by atoms with Crippen LogP contribution in [0.15, 0.2) is 22.9 Å². The molecule has 0 aliphatic carbocycles. The summed E-state index contributed by atoms with van der Waals surface area (Å²) in [6, 6.07) is 1.37. The van der Waals surface area contributed by atoms with Gasteiger partial charge in [0.25, 0.3) is 0 Å².